The molecule has 6 nitrogen and oxygen atoms in total. The summed E-state index contributed by atoms with van der Waals surface area (Å²) in [6.07, 6.45) is 1.75. The number of aryl methyl sites for hydroxylation is 1. The summed E-state index contributed by atoms with van der Waals surface area (Å²) in [5.41, 5.74) is 6.68. The van der Waals surface area contributed by atoms with Gasteiger partial charge in [0.1, 0.15) is 0 Å². The van der Waals surface area contributed by atoms with Crippen molar-refractivity contribution < 1.29 is 9.47 Å². The smallest absolute Gasteiger partial charge is 0.169 e. The molecule has 0 spiro atoms. The van der Waals surface area contributed by atoms with E-state index in [9.17, 15) is 0 Å². The summed E-state index contributed by atoms with van der Waals surface area (Å²) < 4.78 is 12.1. The Morgan fingerprint density at radius 1 is 1.31 bits per heavy atom. The van der Waals surface area contributed by atoms with E-state index < -0.39 is 0 Å². The molecule has 0 aliphatic rings. The van der Waals surface area contributed by atoms with Gasteiger partial charge in [-0.2, -0.15) is 0 Å². The van der Waals surface area contributed by atoms with Crippen molar-refractivity contribution in [2.75, 3.05) is 32.7 Å². The van der Waals surface area contributed by atoms with E-state index >= 15 is 0 Å². The van der Waals surface area contributed by atoms with E-state index in [0.29, 0.717) is 25.6 Å². The number of nitrogen functional groups attached to an aromatic ring is 1. The van der Waals surface area contributed by atoms with Gasteiger partial charge >= 0.3 is 0 Å². The van der Waals surface area contributed by atoms with Crippen molar-refractivity contribution in [3.8, 4) is 0 Å². The standard InChI is InChI=1S/C10H20N4O2/c1-3-9-10(11)12-13-14(9)5-4-6-16-8-7-15-2/h3-8,11H2,1-2H3. The van der Waals surface area contributed by atoms with Crippen LogP contribution in [0.1, 0.15) is 19.0 Å². The Labute approximate surface area is 95.7 Å². The van der Waals surface area contributed by atoms with E-state index in [2.05, 4.69) is 10.3 Å². The molecule has 0 fully saturated rings. The third-order valence-corrected chi connectivity index (χ3v) is 2.29. The minimum absolute atomic E-state index is 0.530. The van der Waals surface area contributed by atoms with Crippen LogP contribution in [0, 0.1) is 0 Å². The molecule has 0 aliphatic carbocycles. The summed E-state index contributed by atoms with van der Waals surface area (Å²) in [5.74, 6) is 0.530. The largest absolute Gasteiger partial charge is 0.382 e. The molecule has 92 valence electrons. The van der Waals surface area contributed by atoms with Crippen LogP contribution in [-0.4, -0.2) is 41.9 Å². The molecule has 1 rings (SSSR count). The molecule has 6 heteroatoms. The van der Waals surface area contributed by atoms with Crippen LogP contribution in [0.4, 0.5) is 5.82 Å². The van der Waals surface area contributed by atoms with Gasteiger partial charge < -0.3 is 15.2 Å². The third kappa shape index (κ3) is 3.79. The molecule has 0 aromatic carbocycles. The van der Waals surface area contributed by atoms with E-state index in [1.54, 1.807) is 7.11 Å². The van der Waals surface area contributed by atoms with Crippen molar-refractivity contribution in [1.82, 2.24) is 15.0 Å². The van der Waals surface area contributed by atoms with Gasteiger partial charge in [-0.15, -0.1) is 5.10 Å². The Hall–Kier alpha value is -1.14. The normalized spacial score (nSPS) is 10.9. The molecular weight excluding hydrogens is 208 g/mol. The molecule has 0 amide bonds. The van der Waals surface area contributed by atoms with Crippen molar-refractivity contribution in [3.63, 3.8) is 0 Å². The second-order valence-electron chi connectivity index (χ2n) is 3.46. The molecule has 2 N–H and O–H groups in total. The molecule has 0 aliphatic heterocycles. The van der Waals surface area contributed by atoms with Crippen molar-refractivity contribution in [2.24, 2.45) is 0 Å². The number of hydrogen-bond donors (Lipinski definition) is 1. The number of hydrogen-bond acceptors (Lipinski definition) is 5. The first-order chi connectivity index (χ1) is 7.79. The highest BCUT2D eigenvalue weighted by Crippen LogP contribution is 2.08. The summed E-state index contributed by atoms with van der Waals surface area (Å²) >= 11 is 0. The fourth-order valence-corrected chi connectivity index (χ4v) is 1.45. The first-order valence-electron chi connectivity index (χ1n) is 5.54. The quantitative estimate of drug-likeness (QED) is 0.655. The Kier molecular flexibility index (Phi) is 5.81. The van der Waals surface area contributed by atoms with Gasteiger partial charge in [-0.25, -0.2) is 4.68 Å². The average molecular weight is 228 g/mol. The van der Waals surface area contributed by atoms with Crippen LogP contribution < -0.4 is 5.73 Å². The maximum absolute atomic E-state index is 5.68. The van der Waals surface area contributed by atoms with Crippen molar-refractivity contribution in [3.05, 3.63) is 5.69 Å². The zero-order valence-corrected chi connectivity index (χ0v) is 9.98. The zero-order chi connectivity index (χ0) is 11.8. The molecule has 1 aromatic heterocycles. The molecule has 0 bridgehead atoms. The Balaban J connectivity index is 2.21. The first kappa shape index (κ1) is 12.9. The van der Waals surface area contributed by atoms with E-state index in [0.717, 1.165) is 25.1 Å². The molecule has 1 aromatic rings. The van der Waals surface area contributed by atoms with Crippen LogP contribution in [-0.2, 0) is 22.4 Å². The van der Waals surface area contributed by atoms with Crippen LogP contribution in [0.15, 0.2) is 0 Å². The van der Waals surface area contributed by atoms with Crippen LogP contribution in [0.2, 0.25) is 0 Å². The third-order valence-electron chi connectivity index (χ3n) is 2.29. The molecule has 0 saturated heterocycles. The summed E-state index contributed by atoms with van der Waals surface area (Å²) in [7, 11) is 1.66. The highest BCUT2D eigenvalue weighted by Gasteiger charge is 2.06. The molecule has 0 unspecified atom stereocenters. The van der Waals surface area contributed by atoms with E-state index in [1.165, 1.54) is 0 Å². The summed E-state index contributed by atoms with van der Waals surface area (Å²) in [6, 6.07) is 0. The zero-order valence-electron chi connectivity index (χ0n) is 9.98. The van der Waals surface area contributed by atoms with Crippen molar-refractivity contribution in [1.29, 1.82) is 0 Å². The first-order valence-corrected chi connectivity index (χ1v) is 5.54. The van der Waals surface area contributed by atoms with Crippen molar-refractivity contribution in [2.45, 2.75) is 26.3 Å². The molecule has 16 heavy (non-hydrogen) atoms. The Bertz CT molecular complexity index is 301. The molecule has 1 heterocycles. The predicted octanol–water partition coefficient (Wildman–Crippen LogP) is 0.476. The van der Waals surface area contributed by atoms with Crippen LogP contribution in [0.25, 0.3) is 0 Å². The van der Waals surface area contributed by atoms with Crippen molar-refractivity contribution >= 4 is 5.82 Å². The highest BCUT2D eigenvalue weighted by atomic mass is 16.5. The second-order valence-corrected chi connectivity index (χ2v) is 3.46. The number of nitrogens with two attached hydrogens (primary N) is 1. The van der Waals surface area contributed by atoms with E-state index in [-0.39, 0.29) is 0 Å². The SMILES string of the molecule is CCc1c(N)nnn1CCCOCCOC. The van der Waals surface area contributed by atoms with E-state index in [1.807, 2.05) is 11.6 Å². The predicted molar refractivity (Wildman–Crippen MR) is 61.1 cm³/mol. The van der Waals surface area contributed by atoms with Crippen LogP contribution in [0.3, 0.4) is 0 Å². The van der Waals surface area contributed by atoms with Crippen LogP contribution >= 0.6 is 0 Å². The van der Waals surface area contributed by atoms with Gasteiger partial charge in [0.05, 0.1) is 18.9 Å². The number of anilines is 1. The fraction of sp³-hybridized carbons (Fsp3) is 0.800. The lowest BCUT2D eigenvalue weighted by molar-refractivity contribution is 0.0675. The Morgan fingerprint density at radius 3 is 2.81 bits per heavy atom. The summed E-state index contributed by atoms with van der Waals surface area (Å²) in [5, 5.41) is 7.83. The number of ether oxygens (including phenoxy) is 2. The van der Waals surface area contributed by atoms with Gasteiger partial charge in [0.2, 0.25) is 0 Å². The van der Waals surface area contributed by atoms with Gasteiger partial charge in [0.25, 0.3) is 0 Å². The number of rotatable bonds is 8. The van der Waals surface area contributed by atoms with Gasteiger partial charge in [0.15, 0.2) is 5.82 Å². The summed E-state index contributed by atoms with van der Waals surface area (Å²) in [4.78, 5) is 0. The number of methoxy groups -OCH3 is 1. The summed E-state index contributed by atoms with van der Waals surface area (Å²) in [6.45, 7) is 4.81. The lowest BCUT2D eigenvalue weighted by Gasteiger charge is -2.05. The molecule has 0 saturated carbocycles. The topological polar surface area (TPSA) is 75.2 Å². The van der Waals surface area contributed by atoms with Gasteiger partial charge in [-0.3, -0.25) is 0 Å². The maximum Gasteiger partial charge on any atom is 0.169 e. The minimum Gasteiger partial charge on any atom is -0.382 e. The lowest BCUT2D eigenvalue weighted by atomic mass is 10.3. The Morgan fingerprint density at radius 2 is 2.12 bits per heavy atom. The average Bonchev–Trinajstić information content (AvgIpc) is 2.64. The maximum atomic E-state index is 5.68. The number of nitrogens with zero attached hydrogens (tertiary/aromatic N) is 3. The van der Waals surface area contributed by atoms with Gasteiger partial charge in [-0.05, 0) is 12.8 Å². The molecular formula is C10H20N4O2. The van der Waals surface area contributed by atoms with E-state index in [4.69, 9.17) is 15.2 Å². The van der Waals surface area contributed by atoms with Gasteiger partial charge in [0, 0.05) is 20.3 Å². The highest BCUT2D eigenvalue weighted by molar-refractivity contribution is 5.32. The minimum atomic E-state index is 0.530. The van der Waals surface area contributed by atoms with Crippen LogP contribution in [0.5, 0.6) is 0 Å². The molecule has 0 radical (unpaired) electrons. The molecule has 0 atom stereocenters. The fourth-order valence-electron chi connectivity index (χ4n) is 1.45. The number of aromatic nitrogens is 3. The van der Waals surface area contributed by atoms with Gasteiger partial charge in [-0.1, -0.05) is 12.1 Å². The monoisotopic (exact) mass is 228 g/mol. The lowest BCUT2D eigenvalue weighted by Crippen LogP contribution is -2.09. The second kappa shape index (κ2) is 7.19.